The van der Waals surface area contributed by atoms with E-state index in [9.17, 15) is 0 Å². The van der Waals surface area contributed by atoms with E-state index in [1.54, 1.807) is 0 Å². The Morgan fingerprint density at radius 1 is 1.62 bits per heavy atom. The van der Waals surface area contributed by atoms with Crippen molar-refractivity contribution in [3.05, 3.63) is 23.8 Å². The highest BCUT2D eigenvalue weighted by atomic mass is 16.6. The van der Waals surface area contributed by atoms with Crippen molar-refractivity contribution >= 4 is 18.1 Å². The van der Waals surface area contributed by atoms with Gasteiger partial charge in [0.1, 0.15) is 6.61 Å². The summed E-state index contributed by atoms with van der Waals surface area (Å²) in [7, 11) is 1.82. The molecule has 0 amide bonds. The topological polar surface area (TPSA) is 59.6 Å². The van der Waals surface area contributed by atoms with Crippen molar-refractivity contribution in [1.82, 2.24) is 0 Å². The standard InChI is InChI=1S/C9H13N3O/c1-11-9-5-7(6-13-12-2)3-4-8(9)10/h3-5,11H,2,6,10H2,1H3. The zero-order chi connectivity index (χ0) is 9.68. The molecule has 0 aliphatic rings. The molecular formula is C9H13N3O. The average Bonchev–Trinajstić information content (AvgIpc) is 2.16. The van der Waals surface area contributed by atoms with Gasteiger partial charge in [-0.25, -0.2) is 0 Å². The highest BCUT2D eigenvalue weighted by molar-refractivity contribution is 5.66. The van der Waals surface area contributed by atoms with Crippen molar-refractivity contribution in [2.45, 2.75) is 6.61 Å². The van der Waals surface area contributed by atoms with E-state index in [0.717, 1.165) is 16.9 Å². The molecule has 3 N–H and O–H groups in total. The molecule has 1 aromatic carbocycles. The van der Waals surface area contributed by atoms with E-state index >= 15 is 0 Å². The maximum atomic E-state index is 5.69. The number of nitrogens with two attached hydrogens (primary N) is 1. The normalized spacial score (nSPS) is 9.31. The number of nitrogens with one attached hydrogen (secondary N) is 1. The van der Waals surface area contributed by atoms with Crippen LogP contribution in [0.5, 0.6) is 0 Å². The summed E-state index contributed by atoms with van der Waals surface area (Å²) in [5.41, 5.74) is 8.31. The second-order valence-corrected chi connectivity index (χ2v) is 2.57. The Bertz CT molecular complexity index is 299. The van der Waals surface area contributed by atoms with Gasteiger partial charge in [-0.15, -0.1) is 5.16 Å². The van der Waals surface area contributed by atoms with Crippen LogP contribution in [0, 0.1) is 0 Å². The Balaban J connectivity index is 2.79. The molecule has 70 valence electrons. The molecule has 0 radical (unpaired) electrons. The molecule has 0 aliphatic heterocycles. The molecule has 4 nitrogen and oxygen atoms in total. The molecule has 0 aromatic heterocycles. The van der Waals surface area contributed by atoms with E-state index in [1.165, 1.54) is 0 Å². The third kappa shape index (κ3) is 2.37. The maximum Gasteiger partial charge on any atom is 0.142 e. The Morgan fingerprint density at radius 3 is 3.00 bits per heavy atom. The fourth-order valence-electron chi connectivity index (χ4n) is 1.03. The number of nitrogen functional groups attached to an aromatic ring is 1. The van der Waals surface area contributed by atoms with Crippen molar-refractivity contribution < 1.29 is 4.84 Å². The lowest BCUT2D eigenvalue weighted by Crippen LogP contribution is -1.97. The summed E-state index contributed by atoms with van der Waals surface area (Å²) in [6.07, 6.45) is 0. The van der Waals surface area contributed by atoms with Crippen molar-refractivity contribution in [2.75, 3.05) is 18.1 Å². The van der Waals surface area contributed by atoms with Crippen molar-refractivity contribution in [1.29, 1.82) is 0 Å². The van der Waals surface area contributed by atoms with Gasteiger partial charge in [0.2, 0.25) is 0 Å². The van der Waals surface area contributed by atoms with Crippen LogP contribution in [0.4, 0.5) is 11.4 Å². The van der Waals surface area contributed by atoms with E-state index in [1.807, 2.05) is 25.2 Å². The first kappa shape index (κ1) is 9.38. The lowest BCUT2D eigenvalue weighted by molar-refractivity contribution is 0.133. The van der Waals surface area contributed by atoms with Crippen LogP contribution in [-0.4, -0.2) is 13.8 Å². The Morgan fingerprint density at radius 2 is 2.38 bits per heavy atom. The van der Waals surface area contributed by atoms with Gasteiger partial charge < -0.3 is 15.9 Å². The number of benzene rings is 1. The lowest BCUT2D eigenvalue weighted by Gasteiger charge is -2.06. The molecule has 0 saturated heterocycles. The summed E-state index contributed by atoms with van der Waals surface area (Å²) in [6, 6.07) is 5.63. The summed E-state index contributed by atoms with van der Waals surface area (Å²) < 4.78 is 0. The first-order chi connectivity index (χ1) is 6.27. The van der Waals surface area contributed by atoms with E-state index in [-0.39, 0.29) is 0 Å². The number of nitrogens with zero attached hydrogens (tertiary/aromatic N) is 1. The molecule has 0 unspecified atom stereocenters. The summed E-state index contributed by atoms with van der Waals surface area (Å²) in [5, 5.41) is 6.29. The molecule has 0 bridgehead atoms. The smallest absolute Gasteiger partial charge is 0.142 e. The van der Waals surface area contributed by atoms with Crippen molar-refractivity contribution in [2.24, 2.45) is 5.16 Å². The minimum atomic E-state index is 0.415. The first-order valence-electron chi connectivity index (χ1n) is 3.92. The van der Waals surface area contributed by atoms with Gasteiger partial charge >= 0.3 is 0 Å². The summed E-state index contributed by atoms with van der Waals surface area (Å²) in [4.78, 5) is 4.80. The fourth-order valence-corrected chi connectivity index (χ4v) is 1.03. The molecule has 0 saturated carbocycles. The van der Waals surface area contributed by atoms with Gasteiger partial charge in [0.25, 0.3) is 0 Å². The quantitative estimate of drug-likeness (QED) is 0.417. The van der Waals surface area contributed by atoms with E-state index < -0.39 is 0 Å². The van der Waals surface area contributed by atoms with Gasteiger partial charge in [-0.3, -0.25) is 0 Å². The molecular weight excluding hydrogens is 166 g/mol. The predicted octanol–water partition coefficient (Wildman–Crippen LogP) is 1.44. The lowest BCUT2D eigenvalue weighted by atomic mass is 10.2. The Kier molecular flexibility index (Phi) is 3.14. The van der Waals surface area contributed by atoms with Gasteiger partial charge in [0, 0.05) is 13.8 Å². The van der Waals surface area contributed by atoms with Gasteiger partial charge in [-0.1, -0.05) is 6.07 Å². The van der Waals surface area contributed by atoms with Crippen LogP contribution >= 0.6 is 0 Å². The summed E-state index contributed by atoms with van der Waals surface area (Å²) >= 11 is 0. The average molecular weight is 179 g/mol. The molecule has 0 heterocycles. The Hall–Kier alpha value is -1.71. The van der Waals surface area contributed by atoms with Crippen LogP contribution in [-0.2, 0) is 11.4 Å². The van der Waals surface area contributed by atoms with Crippen LogP contribution in [0.2, 0.25) is 0 Å². The van der Waals surface area contributed by atoms with E-state index in [2.05, 4.69) is 17.2 Å². The van der Waals surface area contributed by atoms with Crippen LogP contribution in [0.25, 0.3) is 0 Å². The third-order valence-electron chi connectivity index (χ3n) is 1.71. The van der Waals surface area contributed by atoms with Crippen LogP contribution in [0.1, 0.15) is 5.56 Å². The minimum absolute atomic E-state index is 0.415. The maximum absolute atomic E-state index is 5.69. The largest absolute Gasteiger partial charge is 0.397 e. The molecule has 0 fully saturated rings. The summed E-state index contributed by atoms with van der Waals surface area (Å²) in [5.74, 6) is 0. The molecule has 0 spiro atoms. The molecule has 0 atom stereocenters. The molecule has 1 aromatic rings. The number of hydrogen-bond donors (Lipinski definition) is 2. The molecule has 0 aliphatic carbocycles. The monoisotopic (exact) mass is 179 g/mol. The first-order valence-corrected chi connectivity index (χ1v) is 3.92. The van der Waals surface area contributed by atoms with Crippen molar-refractivity contribution in [3.8, 4) is 0 Å². The number of anilines is 2. The number of rotatable bonds is 4. The van der Waals surface area contributed by atoms with Crippen LogP contribution in [0.15, 0.2) is 23.4 Å². The van der Waals surface area contributed by atoms with Gasteiger partial charge in [0.05, 0.1) is 11.4 Å². The zero-order valence-corrected chi connectivity index (χ0v) is 7.58. The second-order valence-electron chi connectivity index (χ2n) is 2.57. The third-order valence-corrected chi connectivity index (χ3v) is 1.71. The highest BCUT2D eigenvalue weighted by Crippen LogP contribution is 2.19. The zero-order valence-electron chi connectivity index (χ0n) is 7.58. The molecule has 4 heteroatoms. The second kappa shape index (κ2) is 4.35. The minimum Gasteiger partial charge on any atom is -0.397 e. The van der Waals surface area contributed by atoms with Gasteiger partial charge in [-0.2, -0.15) is 0 Å². The molecule has 1 rings (SSSR count). The van der Waals surface area contributed by atoms with Crippen LogP contribution in [0.3, 0.4) is 0 Å². The number of hydrogen-bond acceptors (Lipinski definition) is 4. The predicted molar refractivity (Wildman–Crippen MR) is 54.7 cm³/mol. The van der Waals surface area contributed by atoms with E-state index in [4.69, 9.17) is 10.6 Å². The highest BCUT2D eigenvalue weighted by Gasteiger charge is 1.98. The Labute approximate surface area is 77.4 Å². The number of oxime groups is 1. The fraction of sp³-hybridized carbons (Fsp3) is 0.222. The van der Waals surface area contributed by atoms with Crippen molar-refractivity contribution in [3.63, 3.8) is 0 Å². The van der Waals surface area contributed by atoms with E-state index in [0.29, 0.717) is 6.61 Å². The molecule has 13 heavy (non-hydrogen) atoms. The van der Waals surface area contributed by atoms with Crippen LogP contribution < -0.4 is 11.1 Å². The van der Waals surface area contributed by atoms with Gasteiger partial charge in [-0.05, 0) is 17.7 Å². The SMILES string of the molecule is C=NOCc1ccc(N)c(NC)c1. The summed E-state index contributed by atoms with van der Waals surface area (Å²) in [6.45, 7) is 3.64. The van der Waals surface area contributed by atoms with Gasteiger partial charge in [0.15, 0.2) is 0 Å².